The van der Waals surface area contributed by atoms with Crippen LogP contribution in [0.25, 0.3) is 11.1 Å². The van der Waals surface area contributed by atoms with Crippen molar-refractivity contribution in [3.63, 3.8) is 0 Å². The van der Waals surface area contributed by atoms with Crippen LogP contribution in [0.1, 0.15) is 22.5 Å². The van der Waals surface area contributed by atoms with E-state index in [1.807, 2.05) is 41.8 Å². The summed E-state index contributed by atoms with van der Waals surface area (Å²) in [6, 6.07) is 11.1. The van der Waals surface area contributed by atoms with Crippen LogP contribution in [-0.4, -0.2) is 34.6 Å². The van der Waals surface area contributed by atoms with E-state index < -0.39 is 6.04 Å². The molecule has 0 radical (unpaired) electrons. The van der Waals surface area contributed by atoms with Gasteiger partial charge in [0.25, 0.3) is 5.91 Å². The van der Waals surface area contributed by atoms with E-state index in [9.17, 15) is 9.59 Å². The molecule has 0 saturated carbocycles. The number of rotatable bonds is 4. The van der Waals surface area contributed by atoms with Gasteiger partial charge in [-0.3, -0.25) is 9.59 Å². The van der Waals surface area contributed by atoms with E-state index in [0.717, 1.165) is 22.6 Å². The zero-order chi connectivity index (χ0) is 19.1. The van der Waals surface area contributed by atoms with Gasteiger partial charge in [0.15, 0.2) is 0 Å². The third-order valence-electron chi connectivity index (χ3n) is 5.23. The molecular formula is C21H18N2O3S2. The van der Waals surface area contributed by atoms with E-state index in [-0.39, 0.29) is 17.1 Å². The number of nitrogens with one attached hydrogen (secondary N) is 1. The van der Waals surface area contributed by atoms with Gasteiger partial charge in [0, 0.05) is 11.8 Å². The summed E-state index contributed by atoms with van der Waals surface area (Å²) in [5, 5.41) is 7.25. The van der Waals surface area contributed by atoms with Gasteiger partial charge in [0.1, 0.15) is 11.8 Å². The lowest BCUT2D eigenvalue weighted by Crippen LogP contribution is -2.40. The molecule has 1 aromatic carbocycles. The standard InChI is InChI=1S/C21H18N2O3S2/c24-20-19-9-16(28-12-15-2-1-6-26-15)10-23(19)21(25)17-8-13(3-4-18(17)22-20)14-5-7-27-11-14/h1-8,11,16,19H,9-10,12H2,(H,22,24). The molecule has 2 aliphatic rings. The van der Waals surface area contributed by atoms with Gasteiger partial charge < -0.3 is 14.6 Å². The second-order valence-corrected chi connectivity index (χ2v) is 9.05. The van der Waals surface area contributed by atoms with Crippen molar-refractivity contribution in [3.05, 3.63) is 64.7 Å². The summed E-state index contributed by atoms with van der Waals surface area (Å²) in [6.45, 7) is 0.574. The third-order valence-corrected chi connectivity index (χ3v) is 7.18. The fourth-order valence-corrected chi connectivity index (χ4v) is 5.61. The van der Waals surface area contributed by atoms with Crippen LogP contribution in [0.4, 0.5) is 5.69 Å². The Morgan fingerprint density at radius 1 is 1.21 bits per heavy atom. The quantitative estimate of drug-likeness (QED) is 0.689. The lowest BCUT2D eigenvalue weighted by atomic mass is 10.0. The van der Waals surface area contributed by atoms with Gasteiger partial charge in [-0.2, -0.15) is 11.3 Å². The normalized spacial score (nSPS) is 21.2. The monoisotopic (exact) mass is 410 g/mol. The van der Waals surface area contributed by atoms with Gasteiger partial charge in [-0.15, -0.1) is 11.8 Å². The smallest absolute Gasteiger partial charge is 0.256 e. The molecule has 28 heavy (non-hydrogen) atoms. The van der Waals surface area contributed by atoms with E-state index in [0.29, 0.717) is 24.2 Å². The Morgan fingerprint density at radius 3 is 2.93 bits per heavy atom. The molecule has 142 valence electrons. The molecule has 2 aromatic heterocycles. The second kappa shape index (κ2) is 7.14. The number of thiophene rings is 1. The fraction of sp³-hybridized carbons (Fsp3) is 0.238. The Labute approximate surface area is 170 Å². The summed E-state index contributed by atoms with van der Waals surface area (Å²) in [5.74, 6) is 1.48. The Morgan fingerprint density at radius 2 is 2.14 bits per heavy atom. The number of carbonyl (C=O) groups is 2. The van der Waals surface area contributed by atoms with Crippen LogP contribution in [0.5, 0.6) is 0 Å². The third kappa shape index (κ3) is 3.14. The maximum atomic E-state index is 13.3. The molecule has 5 rings (SSSR count). The van der Waals surface area contributed by atoms with Crippen molar-refractivity contribution in [2.45, 2.75) is 23.5 Å². The van der Waals surface area contributed by atoms with E-state index in [4.69, 9.17) is 4.42 Å². The fourth-order valence-electron chi connectivity index (χ4n) is 3.80. The van der Waals surface area contributed by atoms with Crippen molar-refractivity contribution >= 4 is 40.6 Å². The summed E-state index contributed by atoms with van der Waals surface area (Å²) in [4.78, 5) is 27.8. The molecule has 2 amide bonds. The SMILES string of the molecule is O=C1Nc2ccc(-c3ccsc3)cc2C(=O)N2CC(SCc3ccco3)CC12. The summed E-state index contributed by atoms with van der Waals surface area (Å²) in [7, 11) is 0. The van der Waals surface area contributed by atoms with Crippen molar-refractivity contribution in [1.82, 2.24) is 4.90 Å². The van der Waals surface area contributed by atoms with Crippen molar-refractivity contribution in [3.8, 4) is 11.1 Å². The number of carbonyl (C=O) groups excluding carboxylic acids is 2. The maximum absolute atomic E-state index is 13.3. The number of hydrogen-bond donors (Lipinski definition) is 1. The number of benzene rings is 1. The highest BCUT2D eigenvalue weighted by molar-refractivity contribution is 7.99. The number of fused-ring (bicyclic) bond motifs is 2. The predicted molar refractivity (Wildman–Crippen MR) is 112 cm³/mol. The molecule has 4 heterocycles. The van der Waals surface area contributed by atoms with Gasteiger partial charge in [0.2, 0.25) is 5.91 Å². The van der Waals surface area contributed by atoms with Crippen LogP contribution in [0.3, 0.4) is 0 Å². The Kier molecular flexibility index (Phi) is 4.49. The Hall–Kier alpha value is -2.51. The van der Waals surface area contributed by atoms with Gasteiger partial charge in [-0.1, -0.05) is 6.07 Å². The summed E-state index contributed by atoms with van der Waals surface area (Å²) >= 11 is 3.36. The zero-order valence-electron chi connectivity index (χ0n) is 15.0. The van der Waals surface area contributed by atoms with Crippen molar-refractivity contribution in [2.75, 3.05) is 11.9 Å². The average Bonchev–Trinajstić information content (AvgIpc) is 3.46. The number of furan rings is 1. The molecule has 2 aliphatic heterocycles. The zero-order valence-corrected chi connectivity index (χ0v) is 16.6. The van der Waals surface area contributed by atoms with Crippen LogP contribution in [-0.2, 0) is 10.5 Å². The van der Waals surface area contributed by atoms with Crippen LogP contribution >= 0.6 is 23.1 Å². The molecule has 0 aliphatic carbocycles. The summed E-state index contributed by atoms with van der Waals surface area (Å²) in [6.07, 6.45) is 2.32. The minimum atomic E-state index is -0.418. The molecule has 7 heteroatoms. The summed E-state index contributed by atoms with van der Waals surface area (Å²) in [5.41, 5.74) is 3.24. The number of amides is 2. The molecule has 5 nitrogen and oxygen atoms in total. The molecule has 0 bridgehead atoms. The maximum Gasteiger partial charge on any atom is 0.256 e. The Balaban J connectivity index is 1.40. The number of nitrogens with zero attached hydrogens (tertiary/aromatic N) is 1. The van der Waals surface area contributed by atoms with E-state index in [1.165, 1.54) is 0 Å². The lowest BCUT2D eigenvalue weighted by Gasteiger charge is -2.20. The largest absolute Gasteiger partial charge is 0.468 e. The van der Waals surface area contributed by atoms with Crippen LogP contribution in [0.2, 0.25) is 0 Å². The Bertz CT molecular complexity index is 1010. The molecule has 2 unspecified atom stereocenters. The minimum absolute atomic E-state index is 0.0727. The van der Waals surface area contributed by atoms with E-state index >= 15 is 0 Å². The topological polar surface area (TPSA) is 62.6 Å². The van der Waals surface area contributed by atoms with Gasteiger partial charge in [-0.25, -0.2) is 0 Å². The van der Waals surface area contributed by atoms with Crippen LogP contribution in [0, 0.1) is 0 Å². The van der Waals surface area contributed by atoms with Gasteiger partial charge >= 0.3 is 0 Å². The second-order valence-electron chi connectivity index (χ2n) is 6.98. The first kappa shape index (κ1) is 17.6. The first-order valence-electron chi connectivity index (χ1n) is 9.11. The van der Waals surface area contributed by atoms with Crippen molar-refractivity contribution in [1.29, 1.82) is 0 Å². The molecule has 3 aromatic rings. The van der Waals surface area contributed by atoms with Gasteiger partial charge in [0.05, 0.1) is 23.3 Å². The first-order valence-corrected chi connectivity index (χ1v) is 11.1. The lowest BCUT2D eigenvalue weighted by molar-refractivity contribution is -0.119. The molecule has 2 atom stereocenters. The van der Waals surface area contributed by atoms with E-state index in [1.54, 1.807) is 34.3 Å². The highest BCUT2D eigenvalue weighted by atomic mass is 32.2. The summed E-state index contributed by atoms with van der Waals surface area (Å²) < 4.78 is 5.39. The number of thioether (sulfide) groups is 1. The molecule has 0 spiro atoms. The highest BCUT2D eigenvalue weighted by Crippen LogP contribution is 2.36. The van der Waals surface area contributed by atoms with Crippen LogP contribution in [0.15, 0.2) is 57.8 Å². The van der Waals surface area contributed by atoms with E-state index in [2.05, 4.69) is 10.7 Å². The molecular weight excluding hydrogens is 392 g/mol. The van der Waals surface area contributed by atoms with Crippen LogP contribution < -0.4 is 5.32 Å². The van der Waals surface area contributed by atoms with Gasteiger partial charge in [-0.05, 0) is 58.6 Å². The minimum Gasteiger partial charge on any atom is -0.468 e. The number of anilines is 1. The molecule has 1 fully saturated rings. The van der Waals surface area contributed by atoms with Crippen molar-refractivity contribution < 1.29 is 14.0 Å². The van der Waals surface area contributed by atoms with Crippen molar-refractivity contribution in [2.24, 2.45) is 0 Å². The molecule has 1 saturated heterocycles. The highest BCUT2D eigenvalue weighted by Gasteiger charge is 2.42. The predicted octanol–water partition coefficient (Wildman–Crippen LogP) is 4.48. The average molecular weight is 411 g/mol. The molecule has 1 N–H and O–H groups in total. The number of hydrogen-bond acceptors (Lipinski definition) is 5. The first-order chi connectivity index (χ1) is 13.7.